The van der Waals surface area contributed by atoms with Crippen molar-refractivity contribution in [3.8, 4) is 0 Å². The van der Waals surface area contributed by atoms with Crippen LogP contribution in [0.1, 0.15) is 55.9 Å². The average molecular weight is 285 g/mol. The molecule has 3 unspecified atom stereocenters. The summed E-state index contributed by atoms with van der Waals surface area (Å²) in [5.41, 5.74) is 1.89. The molecule has 4 saturated carbocycles. The molecule has 1 aromatic rings. The van der Waals surface area contributed by atoms with Crippen molar-refractivity contribution < 1.29 is 10.2 Å². The van der Waals surface area contributed by atoms with E-state index in [4.69, 9.17) is 0 Å². The Bertz CT molecular complexity index is 585. The number of aliphatic hydroxyl groups is 2. The minimum Gasteiger partial charge on any atom is -0.390 e. The molecule has 6 rings (SSSR count). The maximum Gasteiger partial charge on any atom is 0.134 e. The normalized spacial score (nSPS) is 47.8. The van der Waals surface area contributed by atoms with Gasteiger partial charge in [-0.25, -0.2) is 0 Å². The lowest BCUT2D eigenvalue weighted by atomic mass is 9.50. The number of benzene rings is 1. The summed E-state index contributed by atoms with van der Waals surface area (Å²) >= 11 is 0. The first-order chi connectivity index (χ1) is 10.1. The third-order valence-electron chi connectivity index (χ3n) is 6.58. The molecule has 4 aliphatic carbocycles. The van der Waals surface area contributed by atoms with Gasteiger partial charge in [-0.05, 0) is 61.5 Å². The zero-order chi connectivity index (χ0) is 14.2. The Balaban J connectivity index is 1.54. The van der Waals surface area contributed by atoms with Crippen LogP contribution in [0.5, 0.6) is 0 Å². The molecule has 3 nitrogen and oxygen atoms in total. The van der Waals surface area contributed by atoms with E-state index < -0.39 is 11.8 Å². The molecule has 112 valence electrons. The Morgan fingerprint density at radius 1 is 1.05 bits per heavy atom. The molecule has 1 aliphatic heterocycles. The van der Waals surface area contributed by atoms with E-state index in [0.29, 0.717) is 11.8 Å². The monoisotopic (exact) mass is 285 g/mol. The zero-order valence-electron chi connectivity index (χ0n) is 12.3. The molecule has 5 aliphatic rings. The molecule has 1 heterocycles. The molecular formula is C18H23NO2. The fourth-order valence-electron chi connectivity index (χ4n) is 6.30. The highest BCUT2D eigenvalue weighted by Crippen LogP contribution is 2.61. The molecule has 0 saturated heterocycles. The molecule has 4 fully saturated rings. The van der Waals surface area contributed by atoms with Crippen LogP contribution in [-0.4, -0.2) is 26.3 Å². The second-order valence-electron chi connectivity index (χ2n) is 8.11. The first-order valence-corrected chi connectivity index (χ1v) is 8.32. The van der Waals surface area contributed by atoms with E-state index in [-0.39, 0.29) is 5.54 Å². The number of rotatable bonds is 1. The summed E-state index contributed by atoms with van der Waals surface area (Å²) in [5.74, 6) is 1.32. The van der Waals surface area contributed by atoms with Crippen molar-refractivity contribution in [1.29, 1.82) is 0 Å². The molecule has 0 radical (unpaired) electrons. The summed E-state index contributed by atoms with van der Waals surface area (Å²) in [4.78, 5) is 2.31. The second-order valence-corrected chi connectivity index (χ2v) is 8.11. The molecule has 0 spiro atoms. The standard InChI is InChI=1S/C18H23NO2/c20-16-15-4-2-1-3-14(15)10-19(16)17-6-12-5-13(7-17)9-18(21,8-12)11-17/h1-4,12-13,16,20-21H,5-11H2. The summed E-state index contributed by atoms with van der Waals surface area (Å²) < 4.78 is 0. The van der Waals surface area contributed by atoms with Gasteiger partial charge in [-0.3, -0.25) is 4.90 Å². The minimum absolute atomic E-state index is 0.0251. The predicted molar refractivity (Wildman–Crippen MR) is 79.3 cm³/mol. The average Bonchev–Trinajstić information content (AvgIpc) is 2.75. The van der Waals surface area contributed by atoms with Crippen LogP contribution >= 0.6 is 0 Å². The third-order valence-corrected chi connectivity index (χ3v) is 6.58. The van der Waals surface area contributed by atoms with Gasteiger partial charge in [-0.2, -0.15) is 0 Å². The highest BCUT2D eigenvalue weighted by atomic mass is 16.3. The fourth-order valence-corrected chi connectivity index (χ4v) is 6.30. The van der Waals surface area contributed by atoms with Crippen LogP contribution in [0.15, 0.2) is 24.3 Å². The topological polar surface area (TPSA) is 43.7 Å². The van der Waals surface area contributed by atoms with Crippen LogP contribution < -0.4 is 0 Å². The summed E-state index contributed by atoms with van der Waals surface area (Å²) in [6.07, 6.45) is 5.97. The SMILES string of the molecule is OC1c2ccccc2CN1C12CC3CC(CC(O)(C3)C1)C2. The van der Waals surface area contributed by atoms with Gasteiger partial charge in [0.1, 0.15) is 6.23 Å². The van der Waals surface area contributed by atoms with Crippen molar-refractivity contribution in [3.63, 3.8) is 0 Å². The van der Waals surface area contributed by atoms with E-state index in [9.17, 15) is 10.2 Å². The maximum absolute atomic E-state index is 10.9. The maximum atomic E-state index is 10.9. The summed E-state index contributed by atoms with van der Waals surface area (Å²) in [7, 11) is 0. The Hall–Kier alpha value is -0.900. The predicted octanol–water partition coefficient (Wildman–Crippen LogP) is 2.58. The Morgan fingerprint density at radius 3 is 2.43 bits per heavy atom. The molecular weight excluding hydrogens is 262 g/mol. The molecule has 1 aromatic carbocycles. The fraction of sp³-hybridized carbons (Fsp3) is 0.667. The molecule has 3 heteroatoms. The quantitative estimate of drug-likeness (QED) is 0.833. The van der Waals surface area contributed by atoms with Gasteiger partial charge >= 0.3 is 0 Å². The Labute approximate surface area is 125 Å². The number of fused-ring (bicyclic) bond motifs is 1. The van der Waals surface area contributed by atoms with Crippen LogP contribution in [0.4, 0.5) is 0 Å². The summed E-state index contributed by atoms with van der Waals surface area (Å²) in [5, 5.41) is 21.8. The van der Waals surface area contributed by atoms with E-state index >= 15 is 0 Å². The highest BCUT2D eigenvalue weighted by molar-refractivity contribution is 5.34. The van der Waals surface area contributed by atoms with Crippen molar-refractivity contribution in [2.75, 3.05) is 0 Å². The number of nitrogens with zero attached hydrogens (tertiary/aromatic N) is 1. The number of aliphatic hydroxyl groups excluding tert-OH is 1. The van der Waals surface area contributed by atoms with Crippen molar-refractivity contribution in [2.45, 2.75) is 62.4 Å². The van der Waals surface area contributed by atoms with Gasteiger partial charge in [0.15, 0.2) is 0 Å². The molecule has 4 bridgehead atoms. The highest BCUT2D eigenvalue weighted by Gasteiger charge is 2.60. The van der Waals surface area contributed by atoms with E-state index in [1.54, 1.807) is 0 Å². The van der Waals surface area contributed by atoms with Crippen LogP contribution in [0, 0.1) is 11.8 Å². The van der Waals surface area contributed by atoms with Crippen molar-refractivity contribution in [2.24, 2.45) is 11.8 Å². The molecule has 0 amide bonds. The Morgan fingerprint density at radius 2 is 1.76 bits per heavy atom. The van der Waals surface area contributed by atoms with Crippen LogP contribution in [0.25, 0.3) is 0 Å². The lowest BCUT2D eigenvalue weighted by Crippen LogP contribution is -2.65. The van der Waals surface area contributed by atoms with Gasteiger partial charge in [0.05, 0.1) is 5.60 Å². The van der Waals surface area contributed by atoms with Crippen LogP contribution in [-0.2, 0) is 6.54 Å². The van der Waals surface area contributed by atoms with Gasteiger partial charge in [0.25, 0.3) is 0 Å². The van der Waals surface area contributed by atoms with Gasteiger partial charge < -0.3 is 10.2 Å². The molecule has 21 heavy (non-hydrogen) atoms. The Kier molecular flexibility index (Phi) is 2.34. The van der Waals surface area contributed by atoms with Gasteiger partial charge in [0, 0.05) is 12.1 Å². The van der Waals surface area contributed by atoms with E-state index in [1.807, 2.05) is 6.07 Å². The van der Waals surface area contributed by atoms with E-state index in [2.05, 4.69) is 23.1 Å². The van der Waals surface area contributed by atoms with Crippen molar-refractivity contribution >= 4 is 0 Å². The lowest BCUT2D eigenvalue weighted by molar-refractivity contribution is -0.202. The van der Waals surface area contributed by atoms with E-state index in [1.165, 1.54) is 12.0 Å². The number of hydrogen-bond acceptors (Lipinski definition) is 3. The zero-order valence-corrected chi connectivity index (χ0v) is 12.3. The van der Waals surface area contributed by atoms with Crippen LogP contribution in [0.3, 0.4) is 0 Å². The van der Waals surface area contributed by atoms with Gasteiger partial charge in [-0.1, -0.05) is 24.3 Å². The smallest absolute Gasteiger partial charge is 0.134 e. The molecule has 0 aromatic heterocycles. The first-order valence-electron chi connectivity index (χ1n) is 8.32. The van der Waals surface area contributed by atoms with Gasteiger partial charge in [0.2, 0.25) is 0 Å². The second kappa shape index (κ2) is 3.89. The number of hydrogen-bond donors (Lipinski definition) is 2. The third kappa shape index (κ3) is 1.65. The van der Waals surface area contributed by atoms with Gasteiger partial charge in [-0.15, -0.1) is 0 Å². The molecule has 3 atom stereocenters. The van der Waals surface area contributed by atoms with E-state index in [0.717, 1.165) is 44.2 Å². The first kappa shape index (κ1) is 12.6. The van der Waals surface area contributed by atoms with Crippen LogP contribution in [0.2, 0.25) is 0 Å². The minimum atomic E-state index is -0.485. The van der Waals surface area contributed by atoms with Crippen molar-refractivity contribution in [3.05, 3.63) is 35.4 Å². The largest absolute Gasteiger partial charge is 0.390 e. The summed E-state index contributed by atoms with van der Waals surface area (Å²) in [6.45, 7) is 0.840. The summed E-state index contributed by atoms with van der Waals surface area (Å²) in [6, 6.07) is 8.25. The lowest BCUT2D eigenvalue weighted by Gasteiger charge is -2.63. The molecule has 2 N–H and O–H groups in total. The van der Waals surface area contributed by atoms with Crippen molar-refractivity contribution in [1.82, 2.24) is 4.90 Å².